The standard InChI is InChI=1S/C25H22N4O2/c1-16(20-14-8-12-18-9-6-7-13-21(18)20)26-15-22-27-28-25(30-22)23-17(2)31-29-24(23)19-10-4-3-5-11-19/h3-14,16,26H,15H2,1-2H3/t16-/m0/s1. The van der Waals surface area contributed by atoms with Crippen LogP contribution in [0.3, 0.4) is 0 Å². The van der Waals surface area contributed by atoms with E-state index in [2.05, 4.69) is 70.1 Å². The van der Waals surface area contributed by atoms with Crippen molar-refractivity contribution in [2.45, 2.75) is 26.4 Å². The molecular weight excluding hydrogens is 388 g/mol. The van der Waals surface area contributed by atoms with Crippen molar-refractivity contribution in [2.75, 3.05) is 0 Å². The Balaban J connectivity index is 1.36. The molecule has 0 aliphatic heterocycles. The largest absolute Gasteiger partial charge is 0.419 e. The average molecular weight is 410 g/mol. The summed E-state index contributed by atoms with van der Waals surface area (Å²) in [5.41, 5.74) is 3.60. The van der Waals surface area contributed by atoms with Crippen molar-refractivity contribution in [3.8, 4) is 22.7 Å². The first-order valence-corrected chi connectivity index (χ1v) is 10.3. The van der Waals surface area contributed by atoms with Gasteiger partial charge in [-0.05, 0) is 30.2 Å². The summed E-state index contributed by atoms with van der Waals surface area (Å²) >= 11 is 0. The molecule has 1 N–H and O–H groups in total. The minimum Gasteiger partial charge on any atom is -0.419 e. The summed E-state index contributed by atoms with van der Waals surface area (Å²) in [5, 5.41) is 18.6. The predicted molar refractivity (Wildman–Crippen MR) is 119 cm³/mol. The molecule has 0 unspecified atom stereocenters. The predicted octanol–water partition coefficient (Wildman–Crippen LogP) is 5.70. The molecule has 0 aliphatic rings. The summed E-state index contributed by atoms with van der Waals surface area (Å²) in [6.45, 7) is 4.44. The van der Waals surface area contributed by atoms with E-state index in [9.17, 15) is 0 Å². The van der Waals surface area contributed by atoms with E-state index >= 15 is 0 Å². The van der Waals surface area contributed by atoms with Gasteiger partial charge in [0.15, 0.2) is 0 Å². The van der Waals surface area contributed by atoms with Gasteiger partial charge in [0.2, 0.25) is 5.89 Å². The molecule has 0 aliphatic carbocycles. The molecular formula is C25H22N4O2. The van der Waals surface area contributed by atoms with Crippen LogP contribution in [-0.2, 0) is 6.54 Å². The molecule has 0 saturated heterocycles. The highest BCUT2D eigenvalue weighted by Crippen LogP contribution is 2.33. The summed E-state index contributed by atoms with van der Waals surface area (Å²) in [4.78, 5) is 0. The van der Waals surface area contributed by atoms with E-state index in [-0.39, 0.29) is 6.04 Å². The molecule has 0 amide bonds. The molecule has 0 saturated carbocycles. The third kappa shape index (κ3) is 3.73. The highest BCUT2D eigenvalue weighted by atomic mass is 16.5. The van der Waals surface area contributed by atoms with E-state index in [1.165, 1.54) is 16.3 Å². The van der Waals surface area contributed by atoms with Crippen LogP contribution in [0, 0.1) is 6.92 Å². The van der Waals surface area contributed by atoms with E-state index in [1.54, 1.807) is 0 Å². The first kappa shape index (κ1) is 19.2. The van der Waals surface area contributed by atoms with Crippen molar-refractivity contribution < 1.29 is 8.94 Å². The van der Waals surface area contributed by atoms with Crippen molar-refractivity contribution in [1.29, 1.82) is 0 Å². The van der Waals surface area contributed by atoms with Crippen molar-refractivity contribution in [3.63, 3.8) is 0 Å². The van der Waals surface area contributed by atoms with Gasteiger partial charge in [0, 0.05) is 11.6 Å². The number of hydrogen-bond acceptors (Lipinski definition) is 6. The lowest BCUT2D eigenvalue weighted by Gasteiger charge is -2.15. The highest BCUT2D eigenvalue weighted by Gasteiger charge is 2.22. The Morgan fingerprint density at radius 3 is 2.55 bits per heavy atom. The second-order valence-corrected chi connectivity index (χ2v) is 7.50. The lowest BCUT2D eigenvalue weighted by atomic mass is 10.00. The van der Waals surface area contributed by atoms with Gasteiger partial charge in [0.1, 0.15) is 17.0 Å². The minimum atomic E-state index is 0.124. The number of benzene rings is 3. The monoisotopic (exact) mass is 410 g/mol. The summed E-state index contributed by atoms with van der Waals surface area (Å²) in [5.74, 6) is 1.57. The molecule has 31 heavy (non-hydrogen) atoms. The zero-order chi connectivity index (χ0) is 21.2. The topological polar surface area (TPSA) is 77.0 Å². The lowest BCUT2D eigenvalue weighted by Crippen LogP contribution is -2.18. The Labute approximate surface area is 179 Å². The maximum absolute atomic E-state index is 5.96. The van der Waals surface area contributed by atoms with Crippen LogP contribution in [-0.4, -0.2) is 15.4 Å². The lowest BCUT2D eigenvalue weighted by molar-refractivity contribution is 0.399. The van der Waals surface area contributed by atoms with Gasteiger partial charge in [0.05, 0.1) is 6.54 Å². The van der Waals surface area contributed by atoms with Crippen LogP contribution < -0.4 is 5.32 Å². The Morgan fingerprint density at radius 2 is 1.68 bits per heavy atom. The van der Waals surface area contributed by atoms with Crippen molar-refractivity contribution in [3.05, 3.63) is 90.0 Å². The molecule has 5 rings (SSSR count). The van der Waals surface area contributed by atoms with E-state index < -0.39 is 0 Å². The zero-order valence-electron chi connectivity index (χ0n) is 17.4. The fraction of sp³-hybridized carbons (Fsp3) is 0.160. The zero-order valence-corrected chi connectivity index (χ0v) is 17.4. The second kappa shape index (κ2) is 8.16. The Hall–Kier alpha value is -3.77. The smallest absolute Gasteiger partial charge is 0.253 e. The quantitative estimate of drug-likeness (QED) is 0.387. The number of aryl methyl sites for hydroxylation is 1. The normalized spacial score (nSPS) is 12.3. The molecule has 3 aromatic carbocycles. The molecule has 0 bridgehead atoms. The Bertz CT molecular complexity index is 1320. The van der Waals surface area contributed by atoms with Gasteiger partial charge in [-0.1, -0.05) is 78.0 Å². The molecule has 0 spiro atoms. The molecule has 2 aromatic heterocycles. The van der Waals surface area contributed by atoms with Gasteiger partial charge in [-0.15, -0.1) is 10.2 Å². The number of rotatable bonds is 6. The summed E-state index contributed by atoms with van der Waals surface area (Å²) < 4.78 is 11.4. The van der Waals surface area contributed by atoms with Gasteiger partial charge in [0.25, 0.3) is 5.89 Å². The van der Waals surface area contributed by atoms with Crippen LogP contribution in [0.15, 0.2) is 81.7 Å². The fourth-order valence-corrected chi connectivity index (χ4v) is 3.82. The van der Waals surface area contributed by atoms with Gasteiger partial charge in [-0.25, -0.2) is 0 Å². The number of aromatic nitrogens is 3. The van der Waals surface area contributed by atoms with E-state index in [0.29, 0.717) is 29.8 Å². The molecule has 6 heteroatoms. The Kier molecular flexibility index (Phi) is 5.06. The molecule has 5 aromatic rings. The maximum atomic E-state index is 5.96. The van der Waals surface area contributed by atoms with E-state index in [4.69, 9.17) is 8.94 Å². The van der Waals surface area contributed by atoms with Gasteiger partial charge >= 0.3 is 0 Å². The van der Waals surface area contributed by atoms with E-state index in [0.717, 1.165) is 11.1 Å². The van der Waals surface area contributed by atoms with Crippen molar-refractivity contribution in [2.24, 2.45) is 0 Å². The highest BCUT2D eigenvalue weighted by molar-refractivity contribution is 5.86. The molecule has 154 valence electrons. The first-order valence-electron chi connectivity index (χ1n) is 10.3. The minimum absolute atomic E-state index is 0.124. The third-order valence-corrected chi connectivity index (χ3v) is 5.44. The summed E-state index contributed by atoms with van der Waals surface area (Å²) in [6.07, 6.45) is 0. The summed E-state index contributed by atoms with van der Waals surface area (Å²) in [7, 11) is 0. The number of hydrogen-bond donors (Lipinski definition) is 1. The third-order valence-electron chi connectivity index (χ3n) is 5.44. The SMILES string of the molecule is Cc1onc(-c2ccccc2)c1-c1nnc(CN[C@@H](C)c2cccc3ccccc23)o1. The average Bonchev–Trinajstić information content (AvgIpc) is 3.44. The molecule has 6 nitrogen and oxygen atoms in total. The number of nitrogens with one attached hydrogen (secondary N) is 1. The van der Waals surface area contributed by atoms with Crippen LogP contribution in [0.4, 0.5) is 0 Å². The Morgan fingerprint density at radius 1 is 0.903 bits per heavy atom. The molecule has 0 fully saturated rings. The van der Waals surface area contributed by atoms with Crippen LogP contribution in [0.25, 0.3) is 33.5 Å². The molecule has 2 heterocycles. The second-order valence-electron chi connectivity index (χ2n) is 7.50. The van der Waals surface area contributed by atoms with Crippen molar-refractivity contribution in [1.82, 2.24) is 20.7 Å². The van der Waals surface area contributed by atoms with Gasteiger partial charge in [-0.3, -0.25) is 0 Å². The maximum Gasteiger partial charge on any atom is 0.253 e. The number of nitrogens with zero attached hydrogens (tertiary/aromatic N) is 3. The van der Waals surface area contributed by atoms with Gasteiger partial charge < -0.3 is 14.3 Å². The molecule has 0 radical (unpaired) electrons. The van der Waals surface area contributed by atoms with Crippen LogP contribution in [0.5, 0.6) is 0 Å². The fourth-order valence-electron chi connectivity index (χ4n) is 3.82. The van der Waals surface area contributed by atoms with Gasteiger partial charge in [-0.2, -0.15) is 0 Å². The van der Waals surface area contributed by atoms with Crippen LogP contribution >= 0.6 is 0 Å². The molecule has 1 atom stereocenters. The first-order chi connectivity index (χ1) is 15.2. The van der Waals surface area contributed by atoms with Crippen LogP contribution in [0.2, 0.25) is 0 Å². The van der Waals surface area contributed by atoms with Crippen molar-refractivity contribution >= 4 is 10.8 Å². The number of fused-ring (bicyclic) bond motifs is 1. The van der Waals surface area contributed by atoms with E-state index in [1.807, 2.05) is 37.3 Å². The van der Waals surface area contributed by atoms with Crippen LogP contribution in [0.1, 0.15) is 30.2 Å². The summed E-state index contributed by atoms with van der Waals surface area (Å²) in [6, 6.07) is 24.7.